The van der Waals surface area contributed by atoms with Crippen LogP contribution in [0.25, 0.3) is 0 Å². The van der Waals surface area contributed by atoms with Gasteiger partial charge in [0.25, 0.3) is 0 Å². The second kappa shape index (κ2) is 5.27. The van der Waals surface area contributed by atoms with E-state index in [4.69, 9.17) is 5.73 Å². The van der Waals surface area contributed by atoms with E-state index in [1.165, 1.54) is 19.3 Å². The van der Waals surface area contributed by atoms with E-state index in [9.17, 15) is 0 Å². The Bertz CT molecular complexity index is 372. The number of rotatable bonds is 3. The van der Waals surface area contributed by atoms with Crippen molar-refractivity contribution >= 4 is 39.2 Å². The highest BCUT2D eigenvalue weighted by Gasteiger charge is 2.26. The monoisotopic (exact) mass is 301 g/mol. The van der Waals surface area contributed by atoms with Crippen LogP contribution < -0.4 is 11.1 Å². The third kappa shape index (κ3) is 2.63. The summed E-state index contributed by atoms with van der Waals surface area (Å²) in [6.45, 7) is 0. The van der Waals surface area contributed by atoms with Crippen LogP contribution in [0.4, 0.5) is 11.5 Å². The summed E-state index contributed by atoms with van der Waals surface area (Å²) in [4.78, 5) is 4.32. The predicted octanol–water partition coefficient (Wildman–Crippen LogP) is 3.12. The van der Waals surface area contributed by atoms with E-state index in [1.54, 1.807) is 6.20 Å². The van der Waals surface area contributed by atoms with Crippen molar-refractivity contribution < 1.29 is 0 Å². The Hall–Kier alpha value is -0.420. The second-order valence-corrected chi connectivity index (χ2v) is 5.99. The van der Waals surface area contributed by atoms with Gasteiger partial charge in [0, 0.05) is 11.3 Å². The van der Waals surface area contributed by atoms with E-state index in [-0.39, 0.29) is 0 Å². The Morgan fingerprint density at radius 3 is 3.06 bits per heavy atom. The van der Waals surface area contributed by atoms with Crippen molar-refractivity contribution in [3.05, 3.63) is 16.7 Å². The third-order valence-electron chi connectivity index (χ3n) is 2.94. The van der Waals surface area contributed by atoms with Crippen molar-refractivity contribution in [2.45, 2.75) is 30.6 Å². The van der Waals surface area contributed by atoms with Crippen LogP contribution in [0.15, 0.2) is 16.7 Å². The number of hydrogen-bond donors (Lipinski definition) is 2. The lowest BCUT2D eigenvalue weighted by molar-refractivity contribution is 0.763. The van der Waals surface area contributed by atoms with Gasteiger partial charge in [-0.05, 0) is 41.1 Å². The minimum Gasteiger partial charge on any atom is -0.397 e. The van der Waals surface area contributed by atoms with E-state index < -0.39 is 0 Å². The SMILES string of the molecule is CSC1CCCC1Nc1ncc(N)cc1Br. The smallest absolute Gasteiger partial charge is 0.140 e. The zero-order valence-corrected chi connectivity index (χ0v) is 11.6. The number of pyridine rings is 1. The van der Waals surface area contributed by atoms with Gasteiger partial charge in [-0.3, -0.25) is 0 Å². The molecular weight excluding hydrogens is 286 g/mol. The summed E-state index contributed by atoms with van der Waals surface area (Å²) in [5, 5.41) is 4.20. The molecule has 2 rings (SSSR count). The maximum absolute atomic E-state index is 5.66. The first-order valence-electron chi connectivity index (χ1n) is 5.41. The van der Waals surface area contributed by atoms with Crippen LogP contribution in [-0.2, 0) is 0 Å². The molecule has 1 aliphatic carbocycles. The molecule has 1 aromatic rings. The number of nitrogen functional groups attached to an aromatic ring is 1. The number of hydrogen-bond acceptors (Lipinski definition) is 4. The molecule has 1 heterocycles. The molecule has 2 atom stereocenters. The van der Waals surface area contributed by atoms with Crippen molar-refractivity contribution in [1.29, 1.82) is 0 Å². The third-order valence-corrected chi connectivity index (χ3v) is 4.71. The molecule has 3 N–H and O–H groups in total. The van der Waals surface area contributed by atoms with Crippen molar-refractivity contribution in [2.24, 2.45) is 0 Å². The Morgan fingerprint density at radius 1 is 1.56 bits per heavy atom. The van der Waals surface area contributed by atoms with Gasteiger partial charge in [-0.1, -0.05) is 6.42 Å². The van der Waals surface area contributed by atoms with Crippen molar-refractivity contribution in [3.63, 3.8) is 0 Å². The molecule has 1 saturated carbocycles. The topological polar surface area (TPSA) is 50.9 Å². The first-order valence-corrected chi connectivity index (χ1v) is 7.49. The van der Waals surface area contributed by atoms with Crippen LogP contribution in [0.3, 0.4) is 0 Å². The Kier molecular flexibility index (Phi) is 3.97. The number of aromatic nitrogens is 1. The Morgan fingerprint density at radius 2 is 2.38 bits per heavy atom. The van der Waals surface area contributed by atoms with Crippen LogP contribution in [-0.4, -0.2) is 22.5 Å². The summed E-state index contributed by atoms with van der Waals surface area (Å²) in [5.41, 5.74) is 6.35. The highest BCUT2D eigenvalue weighted by molar-refractivity contribution is 9.10. The molecule has 0 radical (unpaired) electrons. The van der Waals surface area contributed by atoms with Crippen molar-refractivity contribution in [3.8, 4) is 0 Å². The van der Waals surface area contributed by atoms with Gasteiger partial charge in [0.2, 0.25) is 0 Å². The molecule has 0 spiro atoms. The summed E-state index contributed by atoms with van der Waals surface area (Å²) in [6, 6.07) is 2.42. The van der Waals surface area contributed by atoms with Gasteiger partial charge in [0.15, 0.2) is 0 Å². The van der Waals surface area contributed by atoms with Crippen molar-refractivity contribution in [2.75, 3.05) is 17.3 Å². The van der Waals surface area contributed by atoms with E-state index in [0.717, 1.165) is 10.3 Å². The average molecular weight is 302 g/mol. The maximum atomic E-state index is 5.66. The van der Waals surface area contributed by atoms with Gasteiger partial charge in [-0.25, -0.2) is 4.98 Å². The van der Waals surface area contributed by atoms with Gasteiger partial charge in [-0.2, -0.15) is 11.8 Å². The van der Waals surface area contributed by atoms with Gasteiger partial charge in [-0.15, -0.1) is 0 Å². The molecule has 1 fully saturated rings. The van der Waals surface area contributed by atoms with Gasteiger partial charge in [0.05, 0.1) is 16.4 Å². The van der Waals surface area contributed by atoms with Crippen LogP contribution >= 0.6 is 27.7 Å². The quantitative estimate of drug-likeness (QED) is 0.900. The lowest BCUT2D eigenvalue weighted by Crippen LogP contribution is -2.26. The fourth-order valence-corrected chi connectivity index (χ4v) is 3.52. The molecule has 0 aliphatic heterocycles. The minimum atomic E-state index is 0.530. The number of halogens is 1. The Balaban J connectivity index is 2.08. The van der Waals surface area contributed by atoms with Gasteiger partial charge >= 0.3 is 0 Å². The van der Waals surface area contributed by atoms with Crippen LogP contribution in [0.2, 0.25) is 0 Å². The first-order chi connectivity index (χ1) is 7.70. The molecule has 1 aliphatic rings. The predicted molar refractivity (Wildman–Crippen MR) is 74.9 cm³/mol. The number of nitrogens with one attached hydrogen (secondary N) is 1. The summed E-state index contributed by atoms with van der Waals surface area (Å²) < 4.78 is 0.944. The summed E-state index contributed by atoms with van der Waals surface area (Å²) in [7, 11) is 0. The molecule has 88 valence electrons. The standard InChI is InChI=1S/C11H16BrN3S/c1-16-10-4-2-3-9(10)15-11-8(12)5-7(13)6-14-11/h5-6,9-10H,2-4,13H2,1H3,(H,14,15). The zero-order chi connectivity index (χ0) is 11.5. The highest BCUT2D eigenvalue weighted by atomic mass is 79.9. The molecule has 5 heteroatoms. The lowest BCUT2D eigenvalue weighted by atomic mass is 10.2. The van der Waals surface area contributed by atoms with E-state index >= 15 is 0 Å². The Labute approximate surface area is 109 Å². The highest BCUT2D eigenvalue weighted by Crippen LogP contribution is 2.32. The first kappa shape index (κ1) is 12.0. The molecule has 0 saturated heterocycles. The van der Waals surface area contributed by atoms with Crippen LogP contribution in [0.5, 0.6) is 0 Å². The second-order valence-electron chi connectivity index (χ2n) is 4.05. The minimum absolute atomic E-state index is 0.530. The number of anilines is 2. The number of nitrogens with zero attached hydrogens (tertiary/aromatic N) is 1. The molecule has 0 bridgehead atoms. The van der Waals surface area contributed by atoms with Gasteiger partial charge < -0.3 is 11.1 Å². The molecule has 1 aromatic heterocycles. The largest absolute Gasteiger partial charge is 0.397 e. The molecule has 2 unspecified atom stereocenters. The van der Waals surface area contributed by atoms with Crippen LogP contribution in [0.1, 0.15) is 19.3 Å². The molecular formula is C11H16BrN3S. The van der Waals surface area contributed by atoms with Crippen LogP contribution in [0, 0.1) is 0 Å². The maximum Gasteiger partial charge on any atom is 0.140 e. The fourth-order valence-electron chi connectivity index (χ4n) is 2.11. The molecule has 16 heavy (non-hydrogen) atoms. The fraction of sp³-hybridized carbons (Fsp3) is 0.545. The van der Waals surface area contributed by atoms with E-state index in [2.05, 4.69) is 32.5 Å². The summed E-state index contributed by atoms with van der Waals surface area (Å²) >= 11 is 5.42. The lowest BCUT2D eigenvalue weighted by Gasteiger charge is -2.20. The van der Waals surface area contributed by atoms with E-state index in [1.807, 2.05) is 17.8 Å². The summed E-state index contributed by atoms with van der Waals surface area (Å²) in [6.07, 6.45) is 7.69. The average Bonchev–Trinajstić information content (AvgIpc) is 2.69. The zero-order valence-electron chi connectivity index (χ0n) is 9.24. The van der Waals surface area contributed by atoms with Crippen molar-refractivity contribution in [1.82, 2.24) is 4.98 Å². The number of thioether (sulfide) groups is 1. The summed E-state index contributed by atoms with van der Waals surface area (Å²) in [5.74, 6) is 0.903. The van der Waals surface area contributed by atoms with E-state index in [0.29, 0.717) is 17.0 Å². The van der Waals surface area contributed by atoms with Gasteiger partial charge in [0.1, 0.15) is 5.82 Å². The number of nitrogens with two attached hydrogens (primary N) is 1. The molecule has 0 amide bonds. The normalized spacial score (nSPS) is 24.6. The molecule has 0 aromatic carbocycles. The molecule has 3 nitrogen and oxygen atoms in total.